The van der Waals surface area contributed by atoms with Crippen LogP contribution in [0.4, 0.5) is 11.4 Å². The van der Waals surface area contributed by atoms with E-state index in [9.17, 15) is 9.59 Å². The lowest BCUT2D eigenvalue weighted by Gasteiger charge is -2.28. The molecule has 2 atom stereocenters. The fraction of sp³-hybridized carbons (Fsp3) is 0.579. The first kappa shape index (κ1) is 17.7. The van der Waals surface area contributed by atoms with Gasteiger partial charge in [0.05, 0.1) is 12.8 Å². The highest BCUT2D eigenvalue weighted by Gasteiger charge is 2.32. The Balaban J connectivity index is 1.79. The summed E-state index contributed by atoms with van der Waals surface area (Å²) in [5, 5.41) is 3.01. The van der Waals surface area contributed by atoms with Gasteiger partial charge in [-0.15, -0.1) is 0 Å². The Labute approximate surface area is 148 Å². The maximum absolute atomic E-state index is 12.6. The molecule has 2 amide bonds. The number of nitrogens with two attached hydrogens (primary N) is 1. The molecule has 0 radical (unpaired) electrons. The summed E-state index contributed by atoms with van der Waals surface area (Å²) < 4.78 is 5.42. The molecule has 1 heterocycles. The van der Waals surface area contributed by atoms with Crippen molar-refractivity contribution in [1.82, 2.24) is 0 Å². The van der Waals surface area contributed by atoms with Gasteiger partial charge in [-0.25, -0.2) is 0 Å². The second-order valence-electron chi connectivity index (χ2n) is 6.91. The van der Waals surface area contributed by atoms with Gasteiger partial charge in [-0.3, -0.25) is 9.59 Å². The predicted octanol–water partition coefficient (Wildman–Crippen LogP) is 2.53. The number of hydrogen-bond donors (Lipinski definition) is 2. The third kappa shape index (κ3) is 3.79. The zero-order chi connectivity index (χ0) is 17.8. The number of amides is 2. The second-order valence-corrected chi connectivity index (χ2v) is 6.91. The molecule has 1 saturated carbocycles. The van der Waals surface area contributed by atoms with Crippen LogP contribution in [0.1, 0.15) is 38.5 Å². The van der Waals surface area contributed by atoms with Gasteiger partial charge in [-0.05, 0) is 56.3 Å². The van der Waals surface area contributed by atoms with Crippen molar-refractivity contribution < 1.29 is 14.3 Å². The van der Waals surface area contributed by atoms with E-state index in [1.165, 1.54) is 0 Å². The van der Waals surface area contributed by atoms with Crippen LogP contribution >= 0.6 is 0 Å². The molecule has 1 saturated heterocycles. The number of nitrogens with zero attached hydrogens (tertiary/aromatic N) is 1. The topological polar surface area (TPSA) is 84.7 Å². The molecule has 0 unspecified atom stereocenters. The molecular formula is C19H27N3O3. The van der Waals surface area contributed by atoms with E-state index >= 15 is 0 Å². The van der Waals surface area contributed by atoms with Crippen LogP contribution < -0.4 is 20.7 Å². The number of hydrogen-bond acceptors (Lipinski definition) is 4. The number of piperidine rings is 1. The van der Waals surface area contributed by atoms with Gasteiger partial charge in [-0.1, -0.05) is 6.42 Å². The zero-order valence-corrected chi connectivity index (χ0v) is 14.8. The van der Waals surface area contributed by atoms with Gasteiger partial charge in [0.15, 0.2) is 0 Å². The maximum atomic E-state index is 12.6. The van der Waals surface area contributed by atoms with E-state index in [0.29, 0.717) is 30.9 Å². The molecular weight excluding hydrogens is 318 g/mol. The van der Waals surface area contributed by atoms with Crippen molar-refractivity contribution in [3.63, 3.8) is 0 Å². The van der Waals surface area contributed by atoms with Crippen molar-refractivity contribution >= 4 is 23.2 Å². The quantitative estimate of drug-likeness (QED) is 0.859. The van der Waals surface area contributed by atoms with Crippen LogP contribution in [0.3, 0.4) is 0 Å². The molecule has 1 aromatic carbocycles. The molecule has 1 aliphatic carbocycles. The van der Waals surface area contributed by atoms with E-state index in [2.05, 4.69) is 5.32 Å². The maximum Gasteiger partial charge on any atom is 0.227 e. The summed E-state index contributed by atoms with van der Waals surface area (Å²) in [7, 11) is 1.59. The number of nitrogens with one attached hydrogen (secondary N) is 1. The number of rotatable bonds is 5. The Morgan fingerprint density at radius 3 is 2.88 bits per heavy atom. The highest BCUT2D eigenvalue weighted by Crippen LogP contribution is 2.35. The summed E-state index contributed by atoms with van der Waals surface area (Å²) in [5.41, 5.74) is 7.21. The lowest BCUT2D eigenvalue weighted by molar-refractivity contribution is -0.121. The molecule has 1 aliphatic heterocycles. The van der Waals surface area contributed by atoms with Gasteiger partial charge in [0.2, 0.25) is 11.8 Å². The van der Waals surface area contributed by atoms with Crippen LogP contribution in [0.25, 0.3) is 0 Å². The number of benzene rings is 1. The zero-order valence-electron chi connectivity index (χ0n) is 14.8. The van der Waals surface area contributed by atoms with Crippen LogP contribution in [0, 0.1) is 11.8 Å². The fourth-order valence-corrected chi connectivity index (χ4v) is 3.94. The fourth-order valence-electron chi connectivity index (χ4n) is 3.94. The minimum Gasteiger partial charge on any atom is -0.495 e. The number of carbonyl (C=O) groups excluding carboxylic acids is 2. The van der Waals surface area contributed by atoms with Crippen LogP contribution in [0.15, 0.2) is 18.2 Å². The summed E-state index contributed by atoms with van der Waals surface area (Å²) in [5.74, 6) is 1.02. The highest BCUT2D eigenvalue weighted by atomic mass is 16.5. The number of ether oxygens (including phenoxy) is 1. The van der Waals surface area contributed by atoms with Crippen molar-refractivity contribution in [2.75, 3.05) is 30.4 Å². The molecule has 2 aliphatic rings. The van der Waals surface area contributed by atoms with Crippen molar-refractivity contribution in [1.29, 1.82) is 0 Å². The van der Waals surface area contributed by atoms with Crippen molar-refractivity contribution in [2.24, 2.45) is 17.6 Å². The molecule has 3 N–H and O–H groups in total. The number of methoxy groups -OCH3 is 1. The molecule has 0 bridgehead atoms. The summed E-state index contributed by atoms with van der Waals surface area (Å²) >= 11 is 0. The van der Waals surface area contributed by atoms with Crippen molar-refractivity contribution in [3.05, 3.63) is 18.2 Å². The summed E-state index contributed by atoms with van der Waals surface area (Å²) in [6.07, 6.45) is 5.42. The van der Waals surface area contributed by atoms with Crippen LogP contribution in [-0.2, 0) is 9.59 Å². The molecule has 6 nitrogen and oxygen atoms in total. The Hall–Kier alpha value is -2.08. The van der Waals surface area contributed by atoms with Crippen molar-refractivity contribution in [3.8, 4) is 5.75 Å². The van der Waals surface area contributed by atoms with Gasteiger partial charge in [0.25, 0.3) is 0 Å². The molecule has 0 aromatic heterocycles. The van der Waals surface area contributed by atoms with E-state index in [4.69, 9.17) is 10.5 Å². The third-order valence-electron chi connectivity index (χ3n) is 5.36. The highest BCUT2D eigenvalue weighted by molar-refractivity contribution is 5.98. The van der Waals surface area contributed by atoms with Crippen LogP contribution in [0.2, 0.25) is 0 Å². The summed E-state index contributed by atoms with van der Waals surface area (Å²) in [4.78, 5) is 26.6. The smallest absolute Gasteiger partial charge is 0.227 e. The van der Waals surface area contributed by atoms with Crippen molar-refractivity contribution in [2.45, 2.75) is 38.5 Å². The van der Waals surface area contributed by atoms with E-state index in [-0.39, 0.29) is 23.7 Å². The number of anilines is 2. The van der Waals surface area contributed by atoms with E-state index < -0.39 is 0 Å². The molecule has 2 fully saturated rings. The third-order valence-corrected chi connectivity index (χ3v) is 5.36. The average molecular weight is 345 g/mol. The molecule has 3 rings (SSSR count). The Morgan fingerprint density at radius 2 is 2.16 bits per heavy atom. The molecule has 0 spiro atoms. The molecule has 136 valence electrons. The largest absolute Gasteiger partial charge is 0.495 e. The Morgan fingerprint density at radius 1 is 1.32 bits per heavy atom. The van der Waals surface area contributed by atoms with Crippen LogP contribution in [0.5, 0.6) is 5.75 Å². The monoisotopic (exact) mass is 345 g/mol. The predicted molar refractivity (Wildman–Crippen MR) is 97.7 cm³/mol. The van der Waals surface area contributed by atoms with Gasteiger partial charge in [0, 0.05) is 24.6 Å². The number of carbonyl (C=O) groups is 2. The normalized spacial score (nSPS) is 23.6. The second kappa shape index (κ2) is 7.87. The SMILES string of the molecule is COc1ccc(NC(=O)[C@@H]2CCC[C@@H]2CN)cc1N1CCCCC1=O. The molecule has 6 heteroatoms. The first-order valence-corrected chi connectivity index (χ1v) is 9.13. The summed E-state index contributed by atoms with van der Waals surface area (Å²) in [6, 6.07) is 5.47. The van der Waals surface area contributed by atoms with Gasteiger partial charge in [-0.2, -0.15) is 0 Å². The van der Waals surface area contributed by atoms with E-state index in [0.717, 1.165) is 37.8 Å². The van der Waals surface area contributed by atoms with Gasteiger partial charge in [0.1, 0.15) is 5.75 Å². The average Bonchev–Trinajstić information content (AvgIpc) is 3.11. The minimum absolute atomic E-state index is 0.0211. The standard InChI is InChI=1S/C19H27N3O3/c1-25-17-9-8-14(11-16(17)22-10-3-2-7-18(22)23)21-19(24)15-6-4-5-13(15)12-20/h8-9,11,13,15H,2-7,10,12,20H2,1H3,(H,21,24)/t13-,15-/m1/s1. The van der Waals surface area contributed by atoms with E-state index in [1.807, 2.05) is 18.2 Å². The van der Waals surface area contributed by atoms with Gasteiger partial charge < -0.3 is 20.7 Å². The van der Waals surface area contributed by atoms with Crippen LogP contribution in [-0.4, -0.2) is 32.0 Å². The Bertz CT molecular complexity index is 647. The lowest BCUT2D eigenvalue weighted by Crippen LogP contribution is -2.35. The van der Waals surface area contributed by atoms with E-state index in [1.54, 1.807) is 12.0 Å². The minimum atomic E-state index is -0.0211. The first-order valence-electron chi connectivity index (χ1n) is 9.13. The first-order chi connectivity index (χ1) is 12.1. The summed E-state index contributed by atoms with van der Waals surface area (Å²) in [6.45, 7) is 1.23. The lowest BCUT2D eigenvalue weighted by atomic mass is 9.95. The van der Waals surface area contributed by atoms with Gasteiger partial charge >= 0.3 is 0 Å². The molecule has 1 aromatic rings. The molecule has 25 heavy (non-hydrogen) atoms. The Kier molecular flexibility index (Phi) is 5.58.